The minimum atomic E-state index is -0.963. The van der Waals surface area contributed by atoms with Crippen LogP contribution < -0.4 is 40.5 Å². The molecule has 2 aliphatic heterocycles. The second-order valence-corrected chi connectivity index (χ2v) is 6.97. The molecule has 2 aliphatic rings. The van der Waals surface area contributed by atoms with Gasteiger partial charge in [0.2, 0.25) is 12.5 Å². The lowest BCUT2D eigenvalue weighted by Gasteiger charge is -2.32. The van der Waals surface area contributed by atoms with E-state index in [2.05, 4.69) is 10.3 Å². The van der Waals surface area contributed by atoms with E-state index >= 15 is 0 Å². The van der Waals surface area contributed by atoms with E-state index in [9.17, 15) is 0 Å². The summed E-state index contributed by atoms with van der Waals surface area (Å²) in [6, 6.07) is 9.32. The molecule has 0 aliphatic carbocycles. The highest BCUT2D eigenvalue weighted by Gasteiger charge is 2.29. The number of fused-ring (bicyclic) bond motifs is 1. The van der Waals surface area contributed by atoms with E-state index in [-0.39, 0.29) is 12.8 Å². The van der Waals surface area contributed by atoms with E-state index in [1.165, 1.54) is 0 Å². The van der Waals surface area contributed by atoms with E-state index in [1.807, 2.05) is 24.3 Å². The fraction of sp³-hybridized carbons (Fsp3) is 0.286. The summed E-state index contributed by atoms with van der Waals surface area (Å²) >= 11 is 0. The van der Waals surface area contributed by atoms with Gasteiger partial charge in [-0.2, -0.15) is 0 Å². The first-order valence-corrected chi connectivity index (χ1v) is 9.27. The summed E-state index contributed by atoms with van der Waals surface area (Å²) in [6.07, 6.45) is 2.28. The Hall–Kier alpha value is -3.59. The number of rotatable bonds is 6. The molecule has 2 heterocycles. The van der Waals surface area contributed by atoms with Gasteiger partial charge < -0.3 is 40.5 Å². The van der Waals surface area contributed by atoms with Gasteiger partial charge in [-0.05, 0) is 35.9 Å². The summed E-state index contributed by atoms with van der Waals surface area (Å²) < 4.78 is 27.1. The van der Waals surface area contributed by atoms with Gasteiger partial charge in [0.05, 0.1) is 27.0 Å². The molecular formula is C21H24N4O5. The zero-order valence-corrected chi connectivity index (χ0v) is 17.0. The van der Waals surface area contributed by atoms with Crippen LogP contribution in [-0.2, 0) is 6.42 Å². The van der Waals surface area contributed by atoms with Gasteiger partial charge in [0.1, 0.15) is 5.66 Å². The lowest BCUT2D eigenvalue weighted by molar-refractivity contribution is 0.174. The number of ether oxygens (including phenoxy) is 5. The summed E-state index contributed by atoms with van der Waals surface area (Å²) in [6.45, 7) is 0.218. The molecule has 0 saturated carbocycles. The maximum atomic E-state index is 6.64. The summed E-state index contributed by atoms with van der Waals surface area (Å²) in [5, 5.41) is 3.06. The van der Waals surface area contributed by atoms with E-state index in [0.29, 0.717) is 35.1 Å². The zero-order valence-electron chi connectivity index (χ0n) is 17.0. The highest BCUT2D eigenvalue weighted by Crippen LogP contribution is 2.41. The molecule has 2 aromatic carbocycles. The van der Waals surface area contributed by atoms with E-state index in [0.717, 1.165) is 16.9 Å². The van der Waals surface area contributed by atoms with Crippen molar-refractivity contribution in [3.05, 3.63) is 47.5 Å². The van der Waals surface area contributed by atoms with Gasteiger partial charge in [-0.15, -0.1) is 0 Å². The third-order valence-corrected chi connectivity index (χ3v) is 4.89. The number of nitrogens with two attached hydrogens (primary N) is 2. The van der Waals surface area contributed by atoms with Crippen LogP contribution in [0.25, 0.3) is 5.70 Å². The van der Waals surface area contributed by atoms with Gasteiger partial charge in [-0.1, -0.05) is 6.07 Å². The van der Waals surface area contributed by atoms with Crippen molar-refractivity contribution in [1.82, 2.24) is 5.32 Å². The zero-order chi connectivity index (χ0) is 21.3. The van der Waals surface area contributed by atoms with Crippen molar-refractivity contribution in [1.29, 1.82) is 0 Å². The second-order valence-electron chi connectivity index (χ2n) is 6.97. The van der Waals surface area contributed by atoms with Crippen molar-refractivity contribution < 1.29 is 23.7 Å². The predicted octanol–water partition coefficient (Wildman–Crippen LogP) is 1.60. The first kappa shape index (κ1) is 19.7. The summed E-state index contributed by atoms with van der Waals surface area (Å²) in [5.74, 6) is 3.15. The summed E-state index contributed by atoms with van der Waals surface area (Å²) in [4.78, 5) is 4.42. The number of benzene rings is 2. The van der Waals surface area contributed by atoms with Crippen molar-refractivity contribution in [2.75, 3.05) is 28.1 Å². The molecule has 0 bridgehead atoms. The van der Waals surface area contributed by atoms with Crippen LogP contribution in [0.15, 0.2) is 41.4 Å². The second kappa shape index (κ2) is 7.68. The first-order valence-electron chi connectivity index (χ1n) is 9.27. The lowest BCUT2D eigenvalue weighted by Crippen LogP contribution is -2.59. The van der Waals surface area contributed by atoms with Crippen LogP contribution in [0.5, 0.6) is 28.7 Å². The number of nitrogens with zero attached hydrogens (tertiary/aromatic N) is 1. The van der Waals surface area contributed by atoms with Crippen LogP contribution in [0.3, 0.4) is 0 Å². The van der Waals surface area contributed by atoms with E-state index in [1.54, 1.807) is 33.5 Å². The van der Waals surface area contributed by atoms with Crippen LogP contribution in [0.1, 0.15) is 11.1 Å². The van der Waals surface area contributed by atoms with Crippen LogP contribution in [-0.4, -0.2) is 39.7 Å². The average Bonchev–Trinajstić information content (AvgIpc) is 3.19. The monoisotopic (exact) mass is 412 g/mol. The maximum absolute atomic E-state index is 6.64. The standard InChI is InChI=1S/C21H24N4O5/c1-26-17-7-13(8-18(27-2)19(17)28-3)14-10-21(23,25-20(22)24-14)9-12-4-5-15-16(6-12)30-11-29-15/h4-8,10H,9,11,23H2,1-3H3,(H3,22,24,25). The fourth-order valence-electron chi connectivity index (χ4n) is 3.57. The quantitative estimate of drug-likeness (QED) is 0.654. The molecule has 158 valence electrons. The van der Waals surface area contributed by atoms with Crippen LogP contribution in [0, 0.1) is 0 Å². The van der Waals surface area contributed by atoms with Crippen molar-refractivity contribution in [3.8, 4) is 28.7 Å². The Morgan fingerprint density at radius 1 is 1.03 bits per heavy atom. The van der Waals surface area contributed by atoms with Crippen molar-refractivity contribution in [2.24, 2.45) is 16.5 Å². The first-order chi connectivity index (χ1) is 14.4. The minimum Gasteiger partial charge on any atom is -0.493 e. The largest absolute Gasteiger partial charge is 0.493 e. The summed E-state index contributed by atoms with van der Waals surface area (Å²) in [7, 11) is 4.67. The number of nitrogens with one attached hydrogen (secondary N) is 1. The number of guanidine groups is 1. The van der Waals surface area contributed by atoms with Gasteiger partial charge in [0.15, 0.2) is 29.0 Å². The number of hydrogen-bond acceptors (Lipinski definition) is 9. The Kier molecular flexibility index (Phi) is 5.04. The minimum absolute atomic E-state index is 0.212. The lowest BCUT2D eigenvalue weighted by atomic mass is 9.96. The topological polar surface area (TPSA) is 123 Å². The molecule has 9 nitrogen and oxygen atoms in total. The third-order valence-electron chi connectivity index (χ3n) is 4.89. The van der Waals surface area contributed by atoms with E-state index in [4.69, 9.17) is 35.2 Å². The Morgan fingerprint density at radius 3 is 2.40 bits per heavy atom. The van der Waals surface area contributed by atoms with Crippen LogP contribution in [0.4, 0.5) is 0 Å². The van der Waals surface area contributed by atoms with Crippen molar-refractivity contribution >= 4 is 11.7 Å². The molecule has 30 heavy (non-hydrogen) atoms. The molecule has 1 unspecified atom stereocenters. The normalized spacial score (nSPS) is 19.5. The molecule has 0 spiro atoms. The Labute approximate surface area is 174 Å². The maximum Gasteiger partial charge on any atom is 0.231 e. The third kappa shape index (κ3) is 3.67. The van der Waals surface area contributed by atoms with E-state index < -0.39 is 5.66 Å². The van der Waals surface area contributed by atoms with Crippen molar-refractivity contribution in [3.63, 3.8) is 0 Å². The van der Waals surface area contributed by atoms with Gasteiger partial charge in [0.25, 0.3) is 0 Å². The summed E-state index contributed by atoms with van der Waals surface area (Å²) in [5.41, 5.74) is 14.0. The molecule has 2 aromatic rings. The molecule has 1 atom stereocenters. The Morgan fingerprint density at radius 2 is 1.73 bits per heavy atom. The average molecular weight is 412 g/mol. The highest BCUT2D eigenvalue weighted by molar-refractivity contribution is 5.89. The molecule has 0 amide bonds. The van der Waals surface area contributed by atoms with Gasteiger partial charge in [0, 0.05) is 12.0 Å². The molecule has 0 saturated heterocycles. The van der Waals surface area contributed by atoms with Gasteiger partial charge >= 0.3 is 0 Å². The number of methoxy groups -OCH3 is 3. The van der Waals surface area contributed by atoms with Crippen LogP contribution in [0.2, 0.25) is 0 Å². The molecule has 4 rings (SSSR count). The van der Waals surface area contributed by atoms with Gasteiger partial charge in [-0.3, -0.25) is 0 Å². The molecule has 9 heteroatoms. The molecule has 0 radical (unpaired) electrons. The molecular weight excluding hydrogens is 388 g/mol. The smallest absolute Gasteiger partial charge is 0.231 e. The molecule has 0 aromatic heterocycles. The van der Waals surface area contributed by atoms with Crippen LogP contribution >= 0.6 is 0 Å². The Balaban J connectivity index is 1.70. The Bertz CT molecular complexity index is 1010. The highest BCUT2D eigenvalue weighted by atomic mass is 16.7. The van der Waals surface area contributed by atoms with Gasteiger partial charge in [-0.25, -0.2) is 4.99 Å². The molecule has 5 N–H and O–H groups in total. The van der Waals surface area contributed by atoms with Crippen molar-refractivity contribution in [2.45, 2.75) is 12.1 Å². The molecule has 0 fully saturated rings. The SMILES string of the molecule is COc1cc(C2=CC(N)(Cc3ccc4c(c3)OCO4)NC(N)=N2)cc(OC)c1OC. The predicted molar refractivity (Wildman–Crippen MR) is 112 cm³/mol. The number of aliphatic imine (C=N–C) groups is 1. The number of hydrogen-bond donors (Lipinski definition) is 3. The fourth-order valence-corrected chi connectivity index (χ4v) is 3.57.